The Bertz CT molecular complexity index is 3.25. The summed E-state index contributed by atoms with van der Waals surface area (Å²) in [6, 6.07) is 0. The summed E-state index contributed by atoms with van der Waals surface area (Å²) in [5.74, 6) is 0. The van der Waals surface area contributed by atoms with Crippen molar-refractivity contribution in [2.24, 2.45) is 0 Å². The van der Waals surface area contributed by atoms with Crippen LogP contribution in [0.15, 0.2) is 0 Å². The maximum absolute atomic E-state index is 0. The molecule has 0 aromatic rings. The van der Waals surface area contributed by atoms with Crippen LogP contribution in [0.25, 0.3) is 0 Å². The summed E-state index contributed by atoms with van der Waals surface area (Å²) in [7, 11) is 0. The van der Waals surface area contributed by atoms with E-state index in [-0.39, 0.29) is 39.3 Å². The second-order valence-electron chi connectivity index (χ2n) is 0. The Morgan fingerprint density at radius 3 is 0.500 bits per heavy atom. The Morgan fingerprint density at radius 1 is 0.500 bits per heavy atom. The van der Waals surface area contributed by atoms with E-state index in [1.54, 1.807) is 0 Å². The molecule has 0 amide bonds. The summed E-state index contributed by atoms with van der Waals surface area (Å²) in [5, 5.41) is 0. The van der Waals surface area contributed by atoms with E-state index >= 15 is 0 Å². The molecular formula is C3H9Cu-2. The van der Waals surface area contributed by atoms with Gasteiger partial charge in [-0.3, -0.25) is 0 Å². The minimum atomic E-state index is 0. The van der Waals surface area contributed by atoms with Gasteiger partial charge in [-0.05, 0) is 0 Å². The molecule has 0 spiro atoms. The van der Waals surface area contributed by atoms with E-state index in [1.807, 2.05) is 0 Å². The first kappa shape index (κ1) is 207. The summed E-state index contributed by atoms with van der Waals surface area (Å²) in [4.78, 5) is 0. The number of rotatable bonds is 0. The third-order valence-electron chi connectivity index (χ3n) is 0. The zero-order valence-electron chi connectivity index (χ0n) is 3.30. The Kier molecular flexibility index (Phi) is 4290. The first-order valence-electron chi connectivity index (χ1n) is 0. The van der Waals surface area contributed by atoms with E-state index in [0.717, 1.165) is 0 Å². The quantitative estimate of drug-likeness (QED) is 0.325. The van der Waals surface area contributed by atoms with Gasteiger partial charge in [-0.1, -0.05) is 0 Å². The molecule has 0 unspecified atom stereocenters. The molecule has 0 fully saturated rings. The van der Waals surface area contributed by atoms with E-state index in [0.29, 0.717) is 0 Å². The molecule has 0 bridgehead atoms. The molecule has 0 aromatic carbocycles. The van der Waals surface area contributed by atoms with Crippen molar-refractivity contribution in [2.75, 3.05) is 0 Å². The Labute approximate surface area is 40.1 Å². The van der Waals surface area contributed by atoms with Crippen molar-refractivity contribution in [3.8, 4) is 0 Å². The second-order valence-corrected chi connectivity index (χ2v) is 0. The van der Waals surface area contributed by atoms with Crippen molar-refractivity contribution in [1.82, 2.24) is 0 Å². The molecule has 0 N–H and O–H groups in total. The fourth-order valence-electron chi connectivity index (χ4n) is 0. The van der Waals surface area contributed by atoms with Crippen LogP contribution >= 0.6 is 0 Å². The van der Waals surface area contributed by atoms with Crippen LogP contribution in [0.2, 0.25) is 0 Å². The van der Waals surface area contributed by atoms with Gasteiger partial charge in [0.2, 0.25) is 0 Å². The van der Waals surface area contributed by atoms with E-state index in [2.05, 4.69) is 0 Å². The maximum atomic E-state index is 0. The third kappa shape index (κ3) is 21.6. The largest absolute Gasteiger partial charge is 1.00 e. The zero-order chi connectivity index (χ0) is 0. The van der Waals surface area contributed by atoms with Crippen LogP contribution in [-0.4, -0.2) is 0 Å². The standard InChI is InChI=1S/3CH3.Cu/h3*1H3;/q3*-1;+1. The van der Waals surface area contributed by atoms with Gasteiger partial charge in [0.25, 0.3) is 0 Å². The minimum absolute atomic E-state index is 0. The Morgan fingerprint density at radius 2 is 0.500 bits per heavy atom. The van der Waals surface area contributed by atoms with Crippen molar-refractivity contribution < 1.29 is 17.1 Å². The van der Waals surface area contributed by atoms with Crippen LogP contribution in [0, 0.1) is 22.3 Å². The van der Waals surface area contributed by atoms with Gasteiger partial charge in [0.15, 0.2) is 0 Å². The van der Waals surface area contributed by atoms with E-state index in [4.69, 9.17) is 0 Å². The van der Waals surface area contributed by atoms with E-state index in [1.165, 1.54) is 0 Å². The first-order valence-corrected chi connectivity index (χ1v) is 0. The first-order chi connectivity index (χ1) is 0. The van der Waals surface area contributed by atoms with Crippen LogP contribution in [0.1, 0.15) is 0 Å². The molecule has 0 aliphatic rings. The average molecular weight is 109 g/mol. The maximum Gasteiger partial charge on any atom is 1.00 e. The molecule has 1 heteroatoms. The summed E-state index contributed by atoms with van der Waals surface area (Å²) in [6.45, 7) is 0. The molecule has 0 nitrogen and oxygen atoms in total. The minimum Gasteiger partial charge on any atom is -0.358 e. The Balaban J connectivity index is 0. The van der Waals surface area contributed by atoms with Gasteiger partial charge >= 0.3 is 17.1 Å². The second kappa shape index (κ2) is 82.8. The molecular weight excluding hydrogens is 99.6 g/mol. The van der Waals surface area contributed by atoms with Gasteiger partial charge in [-0.2, -0.15) is 0 Å². The van der Waals surface area contributed by atoms with E-state index < -0.39 is 0 Å². The fourth-order valence-corrected chi connectivity index (χ4v) is 0. The van der Waals surface area contributed by atoms with Gasteiger partial charge < -0.3 is 22.3 Å². The summed E-state index contributed by atoms with van der Waals surface area (Å²) in [5.41, 5.74) is 0. The van der Waals surface area contributed by atoms with Crippen molar-refractivity contribution >= 4 is 0 Å². The van der Waals surface area contributed by atoms with Crippen LogP contribution in [-0.2, 0) is 17.1 Å². The van der Waals surface area contributed by atoms with Crippen LogP contribution < -0.4 is 0 Å². The Hall–Kier alpha value is 0.519. The summed E-state index contributed by atoms with van der Waals surface area (Å²) < 4.78 is 0. The van der Waals surface area contributed by atoms with E-state index in [9.17, 15) is 0 Å². The molecule has 0 saturated carbocycles. The number of hydrogen-bond donors (Lipinski definition) is 0. The molecule has 34 valence electrons. The van der Waals surface area contributed by atoms with Gasteiger partial charge in [0.1, 0.15) is 0 Å². The van der Waals surface area contributed by atoms with Crippen LogP contribution in [0.3, 0.4) is 0 Å². The molecule has 0 atom stereocenters. The van der Waals surface area contributed by atoms with Crippen molar-refractivity contribution in [3.63, 3.8) is 0 Å². The molecule has 0 aliphatic carbocycles. The number of hydrogen-bond acceptors (Lipinski definition) is 0. The molecule has 4 heavy (non-hydrogen) atoms. The molecule has 0 radical (unpaired) electrons. The summed E-state index contributed by atoms with van der Waals surface area (Å²) in [6.07, 6.45) is 0. The zero-order valence-corrected chi connectivity index (χ0v) is 4.24. The predicted molar refractivity (Wildman–Crippen MR) is 19.2 cm³/mol. The third-order valence-corrected chi connectivity index (χ3v) is 0. The fraction of sp³-hybridized carbons (Fsp3) is 0. The molecule has 0 saturated heterocycles. The van der Waals surface area contributed by atoms with Gasteiger partial charge in [-0.25, -0.2) is 0 Å². The average Bonchev–Trinajstić information content (AvgIpc) is 0. The summed E-state index contributed by atoms with van der Waals surface area (Å²) >= 11 is 0. The van der Waals surface area contributed by atoms with Gasteiger partial charge in [-0.15, -0.1) is 0 Å². The smallest absolute Gasteiger partial charge is 0.358 e. The van der Waals surface area contributed by atoms with Crippen molar-refractivity contribution in [3.05, 3.63) is 22.3 Å². The van der Waals surface area contributed by atoms with Gasteiger partial charge in [0, 0.05) is 0 Å². The molecule has 0 aromatic heterocycles. The predicted octanol–water partition coefficient (Wildman–Crippen LogP) is 1.35. The molecule has 0 aliphatic heterocycles. The topological polar surface area (TPSA) is 0 Å². The van der Waals surface area contributed by atoms with Crippen LogP contribution in [0.4, 0.5) is 0 Å². The van der Waals surface area contributed by atoms with Gasteiger partial charge in [0.05, 0.1) is 0 Å². The molecule has 0 rings (SSSR count). The van der Waals surface area contributed by atoms with Crippen LogP contribution in [0.5, 0.6) is 0 Å². The van der Waals surface area contributed by atoms with Crippen molar-refractivity contribution in [2.45, 2.75) is 0 Å². The van der Waals surface area contributed by atoms with Crippen molar-refractivity contribution in [1.29, 1.82) is 0 Å². The molecule has 0 heterocycles. The SMILES string of the molecule is [CH3-].[CH3-].[CH3-].[Cu+]. The normalized spacial score (nSPS) is 0. The monoisotopic (exact) mass is 108 g/mol.